The van der Waals surface area contributed by atoms with Crippen molar-refractivity contribution in [3.8, 4) is 0 Å². The molecule has 43 heavy (non-hydrogen) atoms. The van der Waals surface area contributed by atoms with E-state index in [0.29, 0.717) is 30.1 Å². The zero-order valence-electron chi connectivity index (χ0n) is 29.7. The number of carbonyl (C=O) groups excluding carboxylic acids is 1. The van der Waals surface area contributed by atoms with E-state index < -0.39 is 0 Å². The summed E-state index contributed by atoms with van der Waals surface area (Å²) >= 11 is 1.48. The van der Waals surface area contributed by atoms with Crippen LogP contribution in [-0.4, -0.2) is 44.1 Å². The molecule has 4 nitrogen and oxygen atoms in total. The number of Topliss-reactive ketones (excluding diaryl/α,β-unsaturated/α-hetero) is 1. The van der Waals surface area contributed by atoms with Crippen LogP contribution >= 0.6 is 12.0 Å². The highest BCUT2D eigenvalue weighted by atomic mass is 32.2. The Bertz CT molecular complexity index is 1100. The summed E-state index contributed by atoms with van der Waals surface area (Å²) in [6.45, 7) is 24.5. The lowest BCUT2D eigenvalue weighted by Crippen LogP contribution is -2.68. The molecule has 0 spiro atoms. The minimum Gasteiger partial charge on any atom is -0.378 e. The van der Waals surface area contributed by atoms with Crippen LogP contribution in [0.2, 0.25) is 0 Å². The van der Waals surface area contributed by atoms with Crippen LogP contribution < -0.4 is 0 Å². The second kappa shape index (κ2) is 11.4. The maximum absolute atomic E-state index is 14.1. The van der Waals surface area contributed by atoms with Gasteiger partial charge in [-0.3, -0.25) is 4.79 Å². The van der Waals surface area contributed by atoms with E-state index in [-0.39, 0.29) is 56.7 Å². The number of rotatable bonds is 8. The summed E-state index contributed by atoms with van der Waals surface area (Å²) in [5.41, 5.74) is 2.05. The van der Waals surface area contributed by atoms with E-state index in [9.17, 15) is 4.79 Å². The molecule has 0 aromatic carbocycles. The van der Waals surface area contributed by atoms with Gasteiger partial charge in [0, 0.05) is 30.1 Å². The van der Waals surface area contributed by atoms with Crippen LogP contribution in [0.5, 0.6) is 0 Å². The van der Waals surface area contributed by atoms with Gasteiger partial charge in [-0.1, -0.05) is 67.0 Å². The molecular weight excluding hydrogens is 552 g/mol. The fourth-order valence-corrected chi connectivity index (χ4v) is 12.8. The molecule has 0 radical (unpaired) electrons. The SMILES string of the molecule is COC1C(OC(C)C)C[C@@]2(C)C(CC[C@]3(C)C2CC=C2C4CC(C)(C)CC[C@]4(C(=O)C(C)C)CC[C@]23C)C1(C)COSC. The first kappa shape index (κ1) is 34.0. The standard InChI is InChI=1S/C38H64O4S/c1-24(2)31(39)38-19-17-33(5,6)21-27(38)26-13-14-30-34(7)22-28(42-25(3)4)32(40-11)35(8,23-41-43-12)29(34)15-16-37(30,10)36(26,9)18-20-38/h13,24-25,27-30,32H,14-23H2,1-12H3/t27?,28?,29?,30?,32?,34-,35?,36+,37+,38-/m0/s1. The molecule has 0 amide bonds. The summed E-state index contributed by atoms with van der Waals surface area (Å²) in [5.74, 6) is 2.08. The molecule has 0 aromatic heterocycles. The summed E-state index contributed by atoms with van der Waals surface area (Å²) < 4.78 is 19.3. The predicted octanol–water partition coefficient (Wildman–Crippen LogP) is 9.71. The van der Waals surface area contributed by atoms with E-state index in [0.717, 1.165) is 38.5 Å². The van der Waals surface area contributed by atoms with Crippen molar-refractivity contribution in [2.45, 2.75) is 145 Å². The summed E-state index contributed by atoms with van der Waals surface area (Å²) in [6.07, 6.45) is 15.1. The highest BCUT2D eigenvalue weighted by molar-refractivity contribution is 7.93. The molecule has 5 aliphatic carbocycles. The molecule has 0 N–H and O–H groups in total. The summed E-state index contributed by atoms with van der Waals surface area (Å²) in [4.78, 5) is 14.1. The lowest BCUT2D eigenvalue weighted by Gasteiger charge is -2.72. The van der Waals surface area contributed by atoms with Crippen LogP contribution in [-0.2, 0) is 18.5 Å². The molecule has 10 atom stereocenters. The van der Waals surface area contributed by atoms with Crippen molar-refractivity contribution in [1.29, 1.82) is 0 Å². The van der Waals surface area contributed by atoms with Crippen LogP contribution in [0.4, 0.5) is 0 Å². The van der Waals surface area contributed by atoms with E-state index in [2.05, 4.69) is 75.3 Å². The average Bonchev–Trinajstić information content (AvgIpc) is 2.91. The second-order valence-electron chi connectivity index (χ2n) is 17.9. The van der Waals surface area contributed by atoms with Crippen LogP contribution in [0.15, 0.2) is 11.6 Å². The van der Waals surface area contributed by atoms with Crippen molar-refractivity contribution in [1.82, 2.24) is 0 Å². The number of carbonyl (C=O) groups is 1. The Balaban J connectivity index is 1.61. The van der Waals surface area contributed by atoms with Gasteiger partial charge in [0.05, 0.1) is 24.9 Å². The van der Waals surface area contributed by atoms with Gasteiger partial charge in [0.15, 0.2) is 0 Å². The Labute approximate surface area is 268 Å². The fourth-order valence-electron chi connectivity index (χ4n) is 12.4. The Morgan fingerprint density at radius 1 is 0.953 bits per heavy atom. The lowest BCUT2D eigenvalue weighted by molar-refractivity contribution is -0.258. The van der Waals surface area contributed by atoms with Gasteiger partial charge in [0.1, 0.15) is 5.78 Å². The molecule has 5 aliphatic rings. The average molecular weight is 617 g/mol. The monoisotopic (exact) mass is 616 g/mol. The van der Waals surface area contributed by atoms with Gasteiger partial charge in [0.25, 0.3) is 0 Å². The van der Waals surface area contributed by atoms with Crippen LogP contribution in [0.3, 0.4) is 0 Å². The second-order valence-corrected chi connectivity index (χ2v) is 18.5. The normalized spacial score (nSPS) is 47.3. The molecule has 5 heteroatoms. The summed E-state index contributed by atoms with van der Waals surface area (Å²) in [7, 11) is 1.88. The van der Waals surface area contributed by atoms with Gasteiger partial charge in [-0.25, -0.2) is 0 Å². The lowest BCUT2D eigenvalue weighted by atomic mass is 9.33. The van der Waals surface area contributed by atoms with Gasteiger partial charge in [-0.2, -0.15) is 0 Å². The van der Waals surface area contributed by atoms with E-state index >= 15 is 0 Å². The first-order valence-electron chi connectivity index (χ1n) is 17.5. The van der Waals surface area contributed by atoms with Gasteiger partial charge >= 0.3 is 0 Å². The molecule has 0 aliphatic heterocycles. The molecule has 4 fully saturated rings. The van der Waals surface area contributed by atoms with Gasteiger partial charge in [-0.05, 0) is 123 Å². The number of ketones is 1. The van der Waals surface area contributed by atoms with Gasteiger partial charge in [0.2, 0.25) is 0 Å². The van der Waals surface area contributed by atoms with Crippen molar-refractivity contribution in [2.75, 3.05) is 20.0 Å². The van der Waals surface area contributed by atoms with E-state index in [1.807, 2.05) is 13.4 Å². The Morgan fingerprint density at radius 2 is 1.63 bits per heavy atom. The van der Waals surface area contributed by atoms with Gasteiger partial charge < -0.3 is 13.7 Å². The van der Waals surface area contributed by atoms with Crippen LogP contribution in [0.25, 0.3) is 0 Å². The number of ether oxygens (including phenoxy) is 2. The fraction of sp³-hybridized carbons (Fsp3) is 0.921. The maximum atomic E-state index is 14.1. The smallest absolute Gasteiger partial charge is 0.142 e. The number of fused-ring (bicyclic) bond motifs is 7. The number of methoxy groups -OCH3 is 1. The van der Waals surface area contributed by atoms with Crippen molar-refractivity contribution in [3.05, 3.63) is 11.6 Å². The first-order chi connectivity index (χ1) is 20.0. The first-order valence-corrected chi connectivity index (χ1v) is 18.7. The Kier molecular flexibility index (Phi) is 9.02. The van der Waals surface area contributed by atoms with Gasteiger partial charge in [-0.15, -0.1) is 0 Å². The van der Waals surface area contributed by atoms with E-state index in [4.69, 9.17) is 13.7 Å². The van der Waals surface area contributed by atoms with E-state index in [1.54, 1.807) is 5.57 Å². The topological polar surface area (TPSA) is 44.8 Å². The number of allylic oxidation sites excluding steroid dienone is 2. The van der Waals surface area contributed by atoms with Crippen molar-refractivity contribution in [3.63, 3.8) is 0 Å². The van der Waals surface area contributed by atoms with Crippen molar-refractivity contribution < 1.29 is 18.5 Å². The van der Waals surface area contributed by atoms with Crippen molar-refractivity contribution >= 4 is 17.8 Å². The third kappa shape index (κ3) is 4.98. The summed E-state index contributed by atoms with van der Waals surface area (Å²) in [6, 6.07) is 0. The summed E-state index contributed by atoms with van der Waals surface area (Å²) in [5, 5.41) is 0. The Hall–Kier alpha value is -0.360. The highest BCUT2D eigenvalue weighted by Gasteiger charge is 2.71. The zero-order chi connectivity index (χ0) is 31.8. The zero-order valence-corrected chi connectivity index (χ0v) is 30.5. The number of hydrogen-bond donors (Lipinski definition) is 0. The third-order valence-corrected chi connectivity index (χ3v) is 14.9. The molecule has 6 unspecified atom stereocenters. The quantitative estimate of drug-likeness (QED) is 0.201. The molecule has 0 saturated heterocycles. The molecule has 0 heterocycles. The molecular formula is C38H64O4S. The molecule has 4 saturated carbocycles. The molecule has 246 valence electrons. The predicted molar refractivity (Wildman–Crippen MR) is 179 cm³/mol. The third-order valence-electron chi connectivity index (χ3n) is 14.5. The van der Waals surface area contributed by atoms with Crippen molar-refractivity contribution in [2.24, 2.45) is 56.2 Å². The minimum absolute atomic E-state index is 0.0107. The maximum Gasteiger partial charge on any atom is 0.142 e. The molecule has 0 aromatic rings. The number of hydrogen-bond acceptors (Lipinski definition) is 5. The molecule has 5 rings (SSSR count). The highest BCUT2D eigenvalue weighted by Crippen LogP contribution is 2.76. The largest absolute Gasteiger partial charge is 0.378 e. The van der Waals surface area contributed by atoms with Crippen LogP contribution in [0, 0.1) is 56.2 Å². The molecule has 0 bridgehead atoms. The Morgan fingerprint density at radius 3 is 2.23 bits per heavy atom. The van der Waals surface area contributed by atoms with E-state index in [1.165, 1.54) is 31.3 Å². The minimum atomic E-state index is -0.167. The van der Waals surface area contributed by atoms with Crippen LogP contribution in [0.1, 0.15) is 127 Å².